The molecule has 0 nitrogen and oxygen atoms in total. The van der Waals surface area contributed by atoms with Crippen molar-refractivity contribution in [2.45, 2.75) is 44.2 Å². The van der Waals surface area contributed by atoms with Crippen LogP contribution in [0.3, 0.4) is 0 Å². The van der Waals surface area contributed by atoms with Crippen molar-refractivity contribution >= 4 is 0 Å². The molecule has 2 aliphatic carbocycles. The van der Waals surface area contributed by atoms with Crippen LogP contribution in [0.25, 0.3) is 0 Å². The quantitative estimate of drug-likeness (QED) is 0.691. The van der Waals surface area contributed by atoms with Gasteiger partial charge in [-0.15, -0.1) is 0 Å². The van der Waals surface area contributed by atoms with E-state index >= 15 is 0 Å². The zero-order chi connectivity index (χ0) is 11.5. The maximum atomic E-state index is 2.58. The van der Waals surface area contributed by atoms with Gasteiger partial charge in [-0.2, -0.15) is 0 Å². The van der Waals surface area contributed by atoms with Crippen LogP contribution in [0.4, 0.5) is 0 Å². The van der Waals surface area contributed by atoms with E-state index in [9.17, 15) is 0 Å². The van der Waals surface area contributed by atoms with Crippen LogP contribution < -0.4 is 0 Å². The Bertz CT molecular complexity index is 356. The first-order chi connectivity index (χ1) is 7.77. The molecule has 0 bridgehead atoms. The zero-order valence-electron chi connectivity index (χ0n) is 10.6. The summed E-state index contributed by atoms with van der Waals surface area (Å²) in [6.07, 6.45) is 14.4. The predicted octanol–water partition coefficient (Wildman–Crippen LogP) is 4.90. The van der Waals surface area contributed by atoms with Gasteiger partial charge in [-0.25, -0.2) is 0 Å². The molecule has 0 saturated carbocycles. The van der Waals surface area contributed by atoms with Gasteiger partial charge in [0.15, 0.2) is 0 Å². The van der Waals surface area contributed by atoms with E-state index in [2.05, 4.69) is 42.8 Å². The van der Waals surface area contributed by atoms with Gasteiger partial charge in [-0.1, -0.05) is 0 Å². The Labute approximate surface area is 108 Å². The summed E-state index contributed by atoms with van der Waals surface area (Å²) in [5.41, 5.74) is 3.32. The molecule has 1 heteroatoms. The topological polar surface area (TPSA) is 0 Å². The molecule has 0 unspecified atom stereocenters. The summed E-state index contributed by atoms with van der Waals surface area (Å²) in [5, 5.41) is 0. The molecule has 0 amide bonds. The third kappa shape index (κ3) is 2.25. The van der Waals surface area contributed by atoms with Gasteiger partial charge in [0.1, 0.15) is 0 Å². The van der Waals surface area contributed by atoms with E-state index in [1.165, 1.54) is 25.7 Å². The first kappa shape index (κ1) is 12.3. The number of hydrogen-bond donors (Lipinski definition) is 0. The van der Waals surface area contributed by atoms with E-state index in [1.54, 1.807) is 11.1 Å². The van der Waals surface area contributed by atoms with Crippen LogP contribution in [0.5, 0.6) is 0 Å². The molecule has 0 heterocycles. The van der Waals surface area contributed by atoms with Gasteiger partial charge < -0.3 is 0 Å². The standard InChI is InChI=1S/2C7H9.CH3.Zr/c2*1-2-7-5-3-4-6-7;;/h2*3,5H,2,4H2,1H3;1H3;. The van der Waals surface area contributed by atoms with Crippen molar-refractivity contribution in [2.24, 2.45) is 0 Å². The fraction of sp³-hybridized carbons (Fsp3) is 0.467. The first-order valence-corrected chi connectivity index (χ1v) is 11.3. The second kappa shape index (κ2) is 5.45. The Kier molecular flexibility index (Phi) is 4.19. The number of hydrogen-bond acceptors (Lipinski definition) is 0. The summed E-state index contributed by atoms with van der Waals surface area (Å²) in [5.74, 6) is 0. The monoisotopic (exact) mass is 291 g/mol. The average molecular weight is 293 g/mol. The number of allylic oxidation sites excluding steroid dienone is 8. The van der Waals surface area contributed by atoms with Crippen LogP contribution >= 0.6 is 0 Å². The first-order valence-electron chi connectivity index (χ1n) is 6.39. The van der Waals surface area contributed by atoms with Crippen LogP contribution in [-0.2, 0) is 21.8 Å². The molecule has 0 radical (unpaired) electrons. The molecule has 0 aromatic carbocycles. The SMILES string of the molecule is CCC1=[C]([Zr]([CH3])[C]2=C(CC)C=CC2)CC=C1. The minimum atomic E-state index is -1.44. The maximum absolute atomic E-state index is 2.58. The van der Waals surface area contributed by atoms with E-state index < -0.39 is 21.8 Å². The van der Waals surface area contributed by atoms with Gasteiger partial charge in [0.2, 0.25) is 0 Å². The molecule has 0 atom stereocenters. The Hall–Kier alpha value is -0.157. The molecule has 2 aliphatic rings. The van der Waals surface area contributed by atoms with Crippen LogP contribution in [0.2, 0.25) is 4.63 Å². The summed E-state index contributed by atoms with van der Waals surface area (Å²) in [7, 11) is 0. The van der Waals surface area contributed by atoms with E-state index in [1.807, 2.05) is 6.56 Å². The van der Waals surface area contributed by atoms with Crippen LogP contribution in [0.15, 0.2) is 42.0 Å². The number of rotatable bonds is 4. The summed E-state index contributed by atoms with van der Waals surface area (Å²) >= 11 is -1.44. The Morgan fingerprint density at radius 3 is 1.75 bits per heavy atom. The van der Waals surface area contributed by atoms with Gasteiger partial charge in [0, 0.05) is 0 Å². The Morgan fingerprint density at radius 2 is 1.38 bits per heavy atom. The van der Waals surface area contributed by atoms with Gasteiger partial charge in [0.25, 0.3) is 0 Å². The van der Waals surface area contributed by atoms with E-state index in [4.69, 9.17) is 0 Å². The molecule has 0 aliphatic heterocycles. The van der Waals surface area contributed by atoms with E-state index in [0.29, 0.717) is 0 Å². The van der Waals surface area contributed by atoms with Crippen molar-refractivity contribution < 1.29 is 21.8 Å². The van der Waals surface area contributed by atoms with E-state index in [-0.39, 0.29) is 0 Å². The van der Waals surface area contributed by atoms with Gasteiger partial charge >= 0.3 is 108 Å². The Balaban J connectivity index is 2.24. The van der Waals surface area contributed by atoms with Crippen molar-refractivity contribution in [1.82, 2.24) is 0 Å². The van der Waals surface area contributed by atoms with Crippen molar-refractivity contribution in [3.8, 4) is 0 Å². The van der Waals surface area contributed by atoms with Crippen LogP contribution in [-0.4, -0.2) is 0 Å². The predicted molar refractivity (Wildman–Crippen MR) is 68.0 cm³/mol. The molecule has 85 valence electrons. The minimum absolute atomic E-state index is 1.23. The van der Waals surface area contributed by atoms with Crippen LogP contribution in [0.1, 0.15) is 39.5 Å². The molecule has 0 N–H and O–H groups in total. The molecule has 16 heavy (non-hydrogen) atoms. The normalized spacial score (nSPS) is 19.2. The summed E-state index contributed by atoms with van der Waals surface area (Å²) in [6, 6.07) is 0. The second-order valence-electron chi connectivity index (χ2n) is 4.55. The van der Waals surface area contributed by atoms with E-state index in [0.717, 1.165) is 0 Å². The summed E-state index contributed by atoms with van der Waals surface area (Å²) < 4.78 is 6.29. The van der Waals surface area contributed by atoms with Crippen molar-refractivity contribution in [3.63, 3.8) is 0 Å². The average Bonchev–Trinajstić information content (AvgIpc) is 2.96. The van der Waals surface area contributed by atoms with Gasteiger partial charge in [0.05, 0.1) is 0 Å². The van der Waals surface area contributed by atoms with Crippen LogP contribution in [0, 0.1) is 0 Å². The molecule has 0 fully saturated rings. The van der Waals surface area contributed by atoms with Crippen molar-refractivity contribution in [2.75, 3.05) is 0 Å². The third-order valence-electron chi connectivity index (χ3n) is 3.72. The molecule has 0 aromatic heterocycles. The van der Waals surface area contributed by atoms with Gasteiger partial charge in [-0.05, 0) is 0 Å². The summed E-state index contributed by atoms with van der Waals surface area (Å²) in [4.78, 5) is 0. The molecule has 2 rings (SSSR count). The second-order valence-corrected chi connectivity index (χ2v) is 10.6. The van der Waals surface area contributed by atoms with Gasteiger partial charge in [-0.3, -0.25) is 0 Å². The fourth-order valence-electron chi connectivity index (χ4n) is 2.73. The van der Waals surface area contributed by atoms with Crippen molar-refractivity contribution in [3.05, 3.63) is 42.0 Å². The Morgan fingerprint density at radius 1 is 0.938 bits per heavy atom. The zero-order valence-corrected chi connectivity index (χ0v) is 13.1. The van der Waals surface area contributed by atoms with Crippen molar-refractivity contribution in [1.29, 1.82) is 0 Å². The summed E-state index contributed by atoms with van der Waals surface area (Å²) in [6.45, 7) is 4.59. The molecule has 0 aromatic rings. The molecular formula is C15H21Zr. The fourth-order valence-corrected chi connectivity index (χ4v) is 9.36. The molecule has 0 spiro atoms. The molecule has 0 saturated heterocycles. The molecular weight excluding hydrogens is 271 g/mol. The third-order valence-corrected chi connectivity index (χ3v) is 10.8.